The maximum atomic E-state index is 10.9. The van der Waals surface area contributed by atoms with Gasteiger partial charge in [-0.1, -0.05) is 38.3 Å². The zero-order chi connectivity index (χ0) is 12.0. The molecule has 1 aromatic heterocycles. The molecule has 92 valence electrons. The van der Waals surface area contributed by atoms with E-state index in [1.165, 1.54) is 12.8 Å². The highest BCUT2D eigenvalue weighted by atomic mass is 16.5. The molecule has 0 fully saturated rings. The second kappa shape index (κ2) is 6.48. The molecule has 0 saturated heterocycles. The summed E-state index contributed by atoms with van der Waals surface area (Å²) in [7, 11) is 0. The van der Waals surface area contributed by atoms with Crippen LogP contribution in [0.25, 0.3) is 0 Å². The minimum absolute atomic E-state index is 0.1000. The smallest absolute Gasteiger partial charge is 0.330 e. The van der Waals surface area contributed by atoms with Crippen LogP contribution in [0.15, 0.2) is 9.32 Å². The molecular weight excluding hydrogens is 206 g/mol. The van der Waals surface area contributed by atoms with Gasteiger partial charge in [0.1, 0.15) is 0 Å². The largest absolute Gasteiger partial charge is 0.438 e. The van der Waals surface area contributed by atoms with Crippen LogP contribution in [0.5, 0.6) is 0 Å². The minimum atomic E-state index is -0.503. The first kappa shape index (κ1) is 13.0. The Morgan fingerprint density at radius 3 is 2.69 bits per heavy atom. The summed E-state index contributed by atoms with van der Waals surface area (Å²) in [6, 6.07) is 0. The molecule has 0 aromatic carbocycles. The first-order chi connectivity index (χ1) is 7.71. The third kappa shape index (κ3) is 3.48. The number of nitrogens with zero attached hydrogens (tertiary/aromatic N) is 1. The number of nitrogens with two attached hydrogens (primary N) is 1. The van der Waals surface area contributed by atoms with E-state index in [2.05, 4.69) is 28.5 Å². The molecule has 1 rings (SSSR count). The van der Waals surface area contributed by atoms with Gasteiger partial charge in [-0.25, -0.2) is 4.79 Å². The van der Waals surface area contributed by atoms with Gasteiger partial charge in [-0.05, 0) is 12.3 Å². The van der Waals surface area contributed by atoms with Gasteiger partial charge in [0.05, 0.1) is 0 Å². The summed E-state index contributed by atoms with van der Waals surface area (Å²) >= 11 is 0. The third-order valence-corrected chi connectivity index (χ3v) is 3.02. The molecule has 0 aliphatic carbocycles. The summed E-state index contributed by atoms with van der Waals surface area (Å²) in [4.78, 5) is 13.5. The maximum Gasteiger partial charge on any atom is 0.438 e. The van der Waals surface area contributed by atoms with Gasteiger partial charge in [0.15, 0.2) is 5.82 Å². The Kier molecular flexibility index (Phi) is 5.25. The standard InChI is InChI=1S/C11H21N3O2/c1-3-5-8(4-2)6-9(7-12)10-13-11(15)16-14-10/h8-9H,3-7,12H2,1-2H3,(H,13,14,15). The molecule has 1 aromatic rings. The minimum Gasteiger partial charge on any atom is -0.330 e. The quantitative estimate of drug-likeness (QED) is 0.741. The van der Waals surface area contributed by atoms with Crippen molar-refractivity contribution in [3.8, 4) is 0 Å². The molecule has 0 aliphatic rings. The van der Waals surface area contributed by atoms with E-state index in [9.17, 15) is 4.79 Å². The topological polar surface area (TPSA) is 84.9 Å². The normalized spacial score (nSPS) is 14.9. The summed E-state index contributed by atoms with van der Waals surface area (Å²) in [6.45, 7) is 4.85. The van der Waals surface area contributed by atoms with Crippen LogP contribution in [0.3, 0.4) is 0 Å². The fraction of sp³-hybridized carbons (Fsp3) is 0.818. The monoisotopic (exact) mass is 227 g/mol. The summed E-state index contributed by atoms with van der Waals surface area (Å²) in [5, 5.41) is 3.71. The average Bonchev–Trinajstić information content (AvgIpc) is 2.71. The second-order valence-electron chi connectivity index (χ2n) is 4.21. The maximum absolute atomic E-state index is 10.9. The zero-order valence-electron chi connectivity index (χ0n) is 10.0. The van der Waals surface area contributed by atoms with Crippen molar-refractivity contribution in [3.05, 3.63) is 16.4 Å². The third-order valence-electron chi connectivity index (χ3n) is 3.02. The molecular formula is C11H21N3O2. The van der Waals surface area contributed by atoms with Crippen LogP contribution in [-0.2, 0) is 0 Å². The van der Waals surface area contributed by atoms with Crippen LogP contribution in [0.2, 0.25) is 0 Å². The SMILES string of the molecule is CCCC(CC)CC(CN)c1noc(=O)[nH]1. The van der Waals surface area contributed by atoms with Crippen LogP contribution in [-0.4, -0.2) is 16.7 Å². The Labute approximate surface area is 95.4 Å². The highest BCUT2D eigenvalue weighted by molar-refractivity contribution is 4.93. The van der Waals surface area contributed by atoms with Gasteiger partial charge in [0.2, 0.25) is 0 Å². The molecule has 3 N–H and O–H groups in total. The Balaban J connectivity index is 2.64. The predicted molar refractivity (Wildman–Crippen MR) is 62.2 cm³/mol. The van der Waals surface area contributed by atoms with Gasteiger partial charge in [-0.15, -0.1) is 0 Å². The van der Waals surface area contributed by atoms with Crippen molar-refractivity contribution in [2.75, 3.05) is 6.54 Å². The lowest BCUT2D eigenvalue weighted by Gasteiger charge is -2.18. The van der Waals surface area contributed by atoms with E-state index < -0.39 is 5.76 Å². The van der Waals surface area contributed by atoms with Gasteiger partial charge >= 0.3 is 5.76 Å². The van der Waals surface area contributed by atoms with Gasteiger partial charge in [-0.2, -0.15) is 0 Å². The van der Waals surface area contributed by atoms with E-state index >= 15 is 0 Å². The van der Waals surface area contributed by atoms with Crippen LogP contribution in [0.1, 0.15) is 51.3 Å². The molecule has 0 radical (unpaired) electrons. The fourth-order valence-corrected chi connectivity index (χ4v) is 2.04. The highest BCUT2D eigenvalue weighted by Gasteiger charge is 2.19. The highest BCUT2D eigenvalue weighted by Crippen LogP contribution is 2.24. The summed E-state index contributed by atoms with van der Waals surface area (Å²) in [6.07, 6.45) is 4.45. The van der Waals surface area contributed by atoms with Gasteiger partial charge in [0, 0.05) is 12.5 Å². The Morgan fingerprint density at radius 1 is 1.50 bits per heavy atom. The molecule has 2 atom stereocenters. The van der Waals surface area contributed by atoms with Crippen molar-refractivity contribution in [3.63, 3.8) is 0 Å². The van der Waals surface area contributed by atoms with Crippen molar-refractivity contribution in [1.82, 2.24) is 10.1 Å². The first-order valence-corrected chi connectivity index (χ1v) is 5.97. The molecule has 1 heterocycles. The molecule has 2 unspecified atom stereocenters. The van der Waals surface area contributed by atoms with Crippen LogP contribution >= 0.6 is 0 Å². The predicted octanol–water partition coefficient (Wildman–Crippen LogP) is 1.62. The van der Waals surface area contributed by atoms with Crippen molar-refractivity contribution in [1.29, 1.82) is 0 Å². The lowest BCUT2D eigenvalue weighted by atomic mass is 9.89. The lowest BCUT2D eigenvalue weighted by molar-refractivity contribution is 0.357. The summed E-state index contributed by atoms with van der Waals surface area (Å²) < 4.78 is 4.51. The van der Waals surface area contributed by atoms with Crippen molar-refractivity contribution < 1.29 is 4.52 Å². The Morgan fingerprint density at radius 2 is 2.25 bits per heavy atom. The van der Waals surface area contributed by atoms with E-state index in [0.29, 0.717) is 18.3 Å². The lowest BCUT2D eigenvalue weighted by Crippen LogP contribution is -2.18. The van der Waals surface area contributed by atoms with Crippen LogP contribution < -0.4 is 11.5 Å². The number of hydrogen-bond acceptors (Lipinski definition) is 4. The average molecular weight is 227 g/mol. The molecule has 5 nitrogen and oxygen atoms in total. The van der Waals surface area contributed by atoms with Crippen molar-refractivity contribution in [2.24, 2.45) is 11.7 Å². The van der Waals surface area contributed by atoms with E-state index in [0.717, 1.165) is 12.8 Å². The Bertz CT molecular complexity index is 345. The number of aromatic nitrogens is 2. The molecule has 0 saturated carbocycles. The van der Waals surface area contributed by atoms with Crippen LogP contribution in [0.4, 0.5) is 0 Å². The van der Waals surface area contributed by atoms with Crippen molar-refractivity contribution in [2.45, 2.75) is 45.4 Å². The molecule has 0 aliphatic heterocycles. The van der Waals surface area contributed by atoms with Gasteiger partial charge in [0.25, 0.3) is 0 Å². The van der Waals surface area contributed by atoms with E-state index in [1.807, 2.05) is 0 Å². The molecule has 0 amide bonds. The number of aromatic amines is 1. The first-order valence-electron chi connectivity index (χ1n) is 5.97. The van der Waals surface area contributed by atoms with E-state index in [-0.39, 0.29) is 5.92 Å². The van der Waals surface area contributed by atoms with Crippen LogP contribution in [0, 0.1) is 5.92 Å². The number of rotatable bonds is 7. The van der Waals surface area contributed by atoms with Crippen molar-refractivity contribution >= 4 is 0 Å². The summed E-state index contributed by atoms with van der Waals surface area (Å²) in [5.74, 6) is 0.820. The molecule has 0 bridgehead atoms. The molecule has 16 heavy (non-hydrogen) atoms. The fourth-order valence-electron chi connectivity index (χ4n) is 2.04. The molecule has 0 spiro atoms. The zero-order valence-corrected chi connectivity index (χ0v) is 10.0. The second-order valence-corrected chi connectivity index (χ2v) is 4.21. The molecule has 5 heteroatoms. The Hall–Kier alpha value is -1.10. The van der Waals surface area contributed by atoms with Gasteiger partial charge in [-0.3, -0.25) is 9.51 Å². The number of nitrogens with one attached hydrogen (secondary N) is 1. The number of H-pyrrole nitrogens is 1. The van der Waals surface area contributed by atoms with E-state index in [4.69, 9.17) is 5.73 Å². The van der Waals surface area contributed by atoms with E-state index in [1.54, 1.807) is 0 Å². The number of hydrogen-bond donors (Lipinski definition) is 2. The summed E-state index contributed by atoms with van der Waals surface area (Å²) in [5.41, 5.74) is 5.71. The van der Waals surface area contributed by atoms with Gasteiger partial charge < -0.3 is 5.73 Å².